The van der Waals surface area contributed by atoms with Crippen molar-refractivity contribution in [1.82, 2.24) is 4.98 Å². The Kier molecular flexibility index (Phi) is 7.20. The van der Waals surface area contributed by atoms with Crippen molar-refractivity contribution in [2.45, 2.75) is 58.3 Å². The average Bonchev–Trinajstić information content (AvgIpc) is 3.13. The van der Waals surface area contributed by atoms with Crippen molar-refractivity contribution >= 4 is 35.0 Å². The van der Waals surface area contributed by atoms with Crippen LogP contribution in [0, 0.1) is 5.41 Å². The van der Waals surface area contributed by atoms with Crippen LogP contribution in [-0.4, -0.2) is 16.9 Å². The maximum Gasteiger partial charge on any atom is 0.317 e. The maximum absolute atomic E-state index is 12.8. The first kappa shape index (κ1) is 21.2. The molecule has 0 saturated heterocycles. The number of amides is 1. The van der Waals surface area contributed by atoms with Crippen LogP contribution in [0.2, 0.25) is 0 Å². The number of hydrogen-bond donors (Lipinski definition) is 1. The lowest BCUT2D eigenvalue weighted by Crippen LogP contribution is -2.35. The number of thiazole rings is 1. The van der Waals surface area contributed by atoms with Gasteiger partial charge in [-0.1, -0.05) is 38.5 Å². The number of benzene rings is 1. The molecule has 0 radical (unpaired) electrons. The Morgan fingerprint density at radius 3 is 2.59 bits per heavy atom. The highest BCUT2D eigenvalue weighted by Crippen LogP contribution is 2.37. The van der Waals surface area contributed by atoms with E-state index >= 15 is 0 Å². The van der Waals surface area contributed by atoms with Crippen molar-refractivity contribution in [1.29, 1.82) is 0 Å². The van der Waals surface area contributed by atoms with Crippen LogP contribution >= 0.6 is 11.3 Å². The number of para-hydroxylation sites is 1. The molecule has 154 valence electrons. The van der Waals surface area contributed by atoms with Crippen LogP contribution in [0.15, 0.2) is 42.0 Å². The number of nitrogens with one attached hydrogen (secondary N) is 1. The first-order chi connectivity index (χ1) is 14.1. The zero-order valence-corrected chi connectivity index (χ0v) is 17.8. The first-order valence-corrected chi connectivity index (χ1v) is 11.1. The maximum atomic E-state index is 12.8. The molecule has 0 atom stereocenters. The number of carbonyl (C=O) groups excluding carboxylic acids is 2. The Morgan fingerprint density at radius 2 is 1.97 bits per heavy atom. The molecule has 1 saturated carbocycles. The Morgan fingerprint density at radius 1 is 1.24 bits per heavy atom. The van der Waals surface area contributed by atoms with Gasteiger partial charge < -0.3 is 10.1 Å². The molecule has 1 fully saturated rings. The van der Waals surface area contributed by atoms with Crippen LogP contribution in [0.3, 0.4) is 0 Å². The topological polar surface area (TPSA) is 68.3 Å². The van der Waals surface area contributed by atoms with Gasteiger partial charge in [0.2, 0.25) is 5.91 Å². The van der Waals surface area contributed by atoms with E-state index in [0.717, 1.165) is 16.4 Å². The van der Waals surface area contributed by atoms with E-state index in [1.807, 2.05) is 44.2 Å². The molecule has 1 N–H and O–H groups in total. The van der Waals surface area contributed by atoms with Crippen molar-refractivity contribution in [3.05, 3.63) is 52.7 Å². The van der Waals surface area contributed by atoms with Gasteiger partial charge in [0.15, 0.2) is 0 Å². The Balaban J connectivity index is 1.58. The number of hydrogen-bond acceptors (Lipinski definition) is 5. The van der Waals surface area contributed by atoms with Gasteiger partial charge in [-0.05, 0) is 37.8 Å². The Hall–Kier alpha value is -2.47. The van der Waals surface area contributed by atoms with Gasteiger partial charge in [0, 0.05) is 29.5 Å². The highest BCUT2D eigenvalue weighted by Gasteiger charge is 2.38. The highest BCUT2D eigenvalue weighted by molar-refractivity contribution is 7.10. The van der Waals surface area contributed by atoms with E-state index in [2.05, 4.69) is 15.7 Å². The fourth-order valence-corrected chi connectivity index (χ4v) is 4.22. The molecule has 1 amide bonds. The fraction of sp³-hybridized carbons (Fsp3) is 0.435. The summed E-state index contributed by atoms with van der Waals surface area (Å²) >= 11 is 1.56. The number of esters is 1. The van der Waals surface area contributed by atoms with E-state index in [4.69, 9.17) is 4.74 Å². The van der Waals surface area contributed by atoms with Gasteiger partial charge in [-0.15, -0.1) is 11.3 Å². The van der Waals surface area contributed by atoms with E-state index in [-0.39, 0.29) is 18.3 Å². The summed E-state index contributed by atoms with van der Waals surface area (Å²) in [6, 6.07) is 9.25. The second kappa shape index (κ2) is 9.83. The molecule has 29 heavy (non-hydrogen) atoms. The summed E-state index contributed by atoms with van der Waals surface area (Å²) in [6.07, 6.45) is 7.98. The van der Waals surface area contributed by atoms with Crippen molar-refractivity contribution in [2.24, 2.45) is 5.41 Å². The van der Waals surface area contributed by atoms with E-state index in [9.17, 15) is 9.59 Å². The van der Waals surface area contributed by atoms with Crippen molar-refractivity contribution in [3.8, 4) is 0 Å². The first-order valence-electron chi connectivity index (χ1n) is 10.2. The third kappa shape index (κ3) is 5.32. The zero-order chi connectivity index (χ0) is 20.7. The van der Waals surface area contributed by atoms with Gasteiger partial charge >= 0.3 is 5.97 Å². The quantitative estimate of drug-likeness (QED) is 0.420. The van der Waals surface area contributed by atoms with E-state index < -0.39 is 5.41 Å². The SMILES string of the molecule is CCC(CC)(CC(=O)Nc1ccccc1)C(=O)OC=Cc1nc(C2CCC2)cs1. The number of nitrogens with zero attached hydrogens (tertiary/aromatic N) is 1. The smallest absolute Gasteiger partial charge is 0.317 e. The highest BCUT2D eigenvalue weighted by atomic mass is 32.1. The summed E-state index contributed by atoms with van der Waals surface area (Å²) in [6.45, 7) is 3.83. The molecule has 0 unspecified atom stereocenters. The molecular weight excluding hydrogens is 384 g/mol. The van der Waals surface area contributed by atoms with Crippen molar-refractivity contribution in [2.75, 3.05) is 5.32 Å². The lowest BCUT2D eigenvalue weighted by Gasteiger charge is -2.27. The minimum Gasteiger partial charge on any atom is -0.434 e. The van der Waals surface area contributed by atoms with E-state index in [0.29, 0.717) is 18.8 Å². The van der Waals surface area contributed by atoms with Gasteiger partial charge in [0.05, 0.1) is 17.4 Å². The van der Waals surface area contributed by atoms with Crippen molar-refractivity contribution in [3.63, 3.8) is 0 Å². The van der Waals surface area contributed by atoms with Crippen LogP contribution < -0.4 is 5.32 Å². The Labute approximate surface area is 176 Å². The molecule has 1 aromatic heterocycles. The number of aromatic nitrogens is 1. The van der Waals surface area contributed by atoms with Gasteiger partial charge in [0.1, 0.15) is 5.01 Å². The van der Waals surface area contributed by atoms with Gasteiger partial charge in [0.25, 0.3) is 0 Å². The van der Waals surface area contributed by atoms with Crippen LogP contribution in [0.25, 0.3) is 6.08 Å². The van der Waals surface area contributed by atoms with E-state index in [1.54, 1.807) is 17.4 Å². The predicted octanol–water partition coefficient (Wildman–Crippen LogP) is 5.76. The lowest BCUT2D eigenvalue weighted by molar-refractivity contribution is -0.152. The van der Waals surface area contributed by atoms with Gasteiger partial charge in [-0.2, -0.15) is 0 Å². The lowest BCUT2D eigenvalue weighted by atomic mass is 9.79. The molecule has 0 aliphatic heterocycles. The number of anilines is 1. The third-order valence-electron chi connectivity index (χ3n) is 5.79. The predicted molar refractivity (Wildman–Crippen MR) is 117 cm³/mol. The molecule has 1 aliphatic carbocycles. The van der Waals surface area contributed by atoms with Crippen LogP contribution in [0.5, 0.6) is 0 Å². The second-order valence-corrected chi connectivity index (χ2v) is 8.41. The average molecular weight is 413 g/mol. The Bertz CT molecular complexity index is 852. The molecule has 1 heterocycles. The number of carbonyl (C=O) groups is 2. The van der Waals surface area contributed by atoms with E-state index in [1.165, 1.54) is 25.5 Å². The largest absolute Gasteiger partial charge is 0.434 e. The summed E-state index contributed by atoms with van der Waals surface area (Å²) in [5.41, 5.74) is 1.02. The standard InChI is InChI=1S/C23H28N2O3S/c1-3-23(4-2,15-20(26)24-18-11-6-5-7-12-18)22(27)28-14-13-21-25-19(16-29-21)17-9-8-10-17/h5-7,11-14,16-17H,3-4,8-10,15H2,1-2H3,(H,24,26). The summed E-state index contributed by atoms with van der Waals surface area (Å²) in [7, 11) is 0. The van der Waals surface area contributed by atoms with Crippen LogP contribution in [0.1, 0.15) is 69.0 Å². The normalized spacial score (nSPS) is 14.6. The summed E-state index contributed by atoms with van der Waals surface area (Å²) in [4.78, 5) is 29.9. The second-order valence-electron chi connectivity index (χ2n) is 7.52. The molecule has 1 aliphatic rings. The molecular formula is C23H28N2O3S. The molecule has 0 spiro atoms. The van der Waals surface area contributed by atoms with Crippen LogP contribution in [-0.2, 0) is 14.3 Å². The summed E-state index contributed by atoms with van der Waals surface area (Å²) < 4.78 is 5.42. The monoisotopic (exact) mass is 412 g/mol. The molecule has 2 aromatic rings. The summed E-state index contributed by atoms with van der Waals surface area (Å²) in [5.74, 6) is 0.0236. The van der Waals surface area contributed by atoms with Gasteiger partial charge in [-0.3, -0.25) is 9.59 Å². The molecule has 5 nitrogen and oxygen atoms in total. The zero-order valence-electron chi connectivity index (χ0n) is 17.0. The minimum absolute atomic E-state index is 0.0879. The van der Waals surface area contributed by atoms with Gasteiger partial charge in [-0.25, -0.2) is 4.98 Å². The van der Waals surface area contributed by atoms with Crippen molar-refractivity contribution < 1.29 is 14.3 Å². The minimum atomic E-state index is -0.844. The number of ether oxygens (including phenoxy) is 1. The molecule has 0 bridgehead atoms. The third-order valence-corrected chi connectivity index (χ3v) is 6.62. The number of rotatable bonds is 9. The molecule has 1 aromatic carbocycles. The molecule has 6 heteroatoms. The molecule has 3 rings (SSSR count). The summed E-state index contributed by atoms with van der Waals surface area (Å²) in [5, 5.41) is 5.77. The fourth-order valence-electron chi connectivity index (χ4n) is 3.44. The van der Waals surface area contributed by atoms with Crippen LogP contribution in [0.4, 0.5) is 5.69 Å².